The summed E-state index contributed by atoms with van der Waals surface area (Å²) < 4.78 is 2.23. The number of imidazole rings is 1. The molecule has 1 fully saturated rings. The second-order valence-corrected chi connectivity index (χ2v) is 5.53. The lowest BCUT2D eigenvalue weighted by atomic mass is 10.1. The van der Waals surface area contributed by atoms with E-state index in [1.807, 2.05) is 6.20 Å². The number of nitrogens with two attached hydrogens (primary N) is 1. The number of nitrogens with zero attached hydrogens (tertiary/aromatic N) is 4. The van der Waals surface area contributed by atoms with Gasteiger partial charge in [0, 0.05) is 51.2 Å². The zero-order valence-corrected chi connectivity index (χ0v) is 13.0. The maximum absolute atomic E-state index is 5.74. The van der Waals surface area contributed by atoms with Crippen LogP contribution in [0.3, 0.4) is 0 Å². The Morgan fingerprint density at radius 1 is 1.25 bits per heavy atom. The molecular formula is C15H29N5. The first kappa shape index (κ1) is 15.3. The number of hydrogen-bond acceptors (Lipinski definition) is 4. The Bertz CT molecular complexity index is 389. The fourth-order valence-electron chi connectivity index (χ4n) is 3.17. The van der Waals surface area contributed by atoms with Gasteiger partial charge in [0.05, 0.1) is 0 Å². The van der Waals surface area contributed by atoms with Crippen LogP contribution in [0.4, 0.5) is 5.95 Å². The van der Waals surface area contributed by atoms with Gasteiger partial charge in [-0.3, -0.25) is 4.90 Å². The molecule has 5 nitrogen and oxygen atoms in total. The number of aromatic nitrogens is 2. The molecule has 5 heteroatoms. The molecule has 1 saturated heterocycles. The molecule has 1 unspecified atom stereocenters. The maximum atomic E-state index is 5.74. The first-order chi connectivity index (χ1) is 9.80. The fraction of sp³-hybridized carbons (Fsp3) is 0.800. The van der Waals surface area contributed by atoms with Gasteiger partial charge in [0.1, 0.15) is 0 Å². The van der Waals surface area contributed by atoms with Crippen LogP contribution in [0.15, 0.2) is 12.4 Å². The molecule has 0 saturated carbocycles. The van der Waals surface area contributed by atoms with Crippen molar-refractivity contribution >= 4 is 5.95 Å². The second-order valence-electron chi connectivity index (χ2n) is 5.53. The highest BCUT2D eigenvalue weighted by Gasteiger charge is 2.22. The van der Waals surface area contributed by atoms with Crippen LogP contribution in [0, 0.1) is 0 Å². The standard InChI is InChI=1S/C15H29N5/c1-3-14(6-7-16)19-9-5-10-20(13-12-19)15-17-8-11-18(15)4-2/h8,11,14H,3-7,9-10,12-13,16H2,1-2H3. The van der Waals surface area contributed by atoms with Gasteiger partial charge in [-0.1, -0.05) is 6.92 Å². The minimum atomic E-state index is 0.644. The third-order valence-electron chi connectivity index (χ3n) is 4.34. The number of rotatable bonds is 6. The first-order valence-corrected chi connectivity index (χ1v) is 8.00. The van der Waals surface area contributed by atoms with Gasteiger partial charge in [0.2, 0.25) is 5.95 Å². The SMILES string of the molecule is CCC(CCN)N1CCCN(c2nccn2CC)CC1. The fourth-order valence-corrected chi connectivity index (χ4v) is 3.17. The van der Waals surface area contributed by atoms with E-state index in [1.165, 1.54) is 19.4 Å². The van der Waals surface area contributed by atoms with E-state index in [1.54, 1.807) is 0 Å². The molecule has 20 heavy (non-hydrogen) atoms. The Hall–Kier alpha value is -1.07. The lowest BCUT2D eigenvalue weighted by molar-refractivity contribution is 0.196. The highest BCUT2D eigenvalue weighted by Crippen LogP contribution is 2.17. The van der Waals surface area contributed by atoms with Gasteiger partial charge in [-0.2, -0.15) is 0 Å². The normalized spacial score (nSPS) is 19.1. The van der Waals surface area contributed by atoms with Crippen molar-refractivity contribution < 1.29 is 0 Å². The Labute approximate surface area is 122 Å². The number of aryl methyl sites for hydroxylation is 1. The van der Waals surface area contributed by atoms with Crippen molar-refractivity contribution in [1.82, 2.24) is 14.5 Å². The van der Waals surface area contributed by atoms with Crippen LogP contribution in [0.5, 0.6) is 0 Å². The van der Waals surface area contributed by atoms with Crippen LogP contribution in [-0.2, 0) is 6.54 Å². The lowest BCUT2D eigenvalue weighted by Gasteiger charge is -2.29. The largest absolute Gasteiger partial charge is 0.341 e. The number of hydrogen-bond donors (Lipinski definition) is 1. The average Bonchev–Trinajstić information content (AvgIpc) is 2.82. The molecule has 1 atom stereocenters. The van der Waals surface area contributed by atoms with Crippen molar-refractivity contribution in [2.24, 2.45) is 5.73 Å². The first-order valence-electron chi connectivity index (χ1n) is 8.00. The van der Waals surface area contributed by atoms with E-state index >= 15 is 0 Å². The Kier molecular flexibility index (Phi) is 5.86. The van der Waals surface area contributed by atoms with Crippen molar-refractivity contribution in [3.05, 3.63) is 12.4 Å². The molecule has 0 aromatic carbocycles. The van der Waals surface area contributed by atoms with Gasteiger partial charge < -0.3 is 15.2 Å². The zero-order valence-electron chi connectivity index (χ0n) is 13.0. The van der Waals surface area contributed by atoms with Gasteiger partial charge in [0.15, 0.2) is 0 Å². The Balaban J connectivity index is 1.98. The van der Waals surface area contributed by atoms with Gasteiger partial charge in [-0.05, 0) is 32.7 Å². The zero-order chi connectivity index (χ0) is 14.4. The van der Waals surface area contributed by atoms with Crippen LogP contribution in [0.25, 0.3) is 0 Å². The molecule has 1 aliphatic rings. The van der Waals surface area contributed by atoms with E-state index in [0.29, 0.717) is 6.04 Å². The summed E-state index contributed by atoms with van der Waals surface area (Å²) in [6.07, 6.45) is 7.49. The summed E-state index contributed by atoms with van der Waals surface area (Å²) in [6.45, 7) is 10.7. The summed E-state index contributed by atoms with van der Waals surface area (Å²) in [4.78, 5) is 9.58. The minimum Gasteiger partial charge on any atom is -0.341 e. The number of anilines is 1. The molecule has 0 amide bonds. The van der Waals surface area contributed by atoms with Crippen LogP contribution in [0.2, 0.25) is 0 Å². The van der Waals surface area contributed by atoms with E-state index in [2.05, 4.69) is 39.4 Å². The molecule has 2 heterocycles. The monoisotopic (exact) mass is 279 g/mol. The Morgan fingerprint density at radius 2 is 2.10 bits per heavy atom. The summed E-state index contributed by atoms with van der Waals surface area (Å²) in [5.74, 6) is 1.13. The molecule has 0 bridgehead atoms. The molecule has 1 aromatic rings. The van der Waals surface area contributed by atoms with Gasteiger partial charge >= 0.3 is 0 Å². The third kappa shape index (κ3) is 3.52. The van der Waals surface area contributed by atoms with E-state index in [-0.39, 0.29) is 0 Å². The molecule has 1 aliphatic heterocycles. The minimum absolute atomic E-state index is 0.644. The van der Waals surface area contributed by atoms with Crippen molar-refractivity contribution in [3.8, 4) is 0 Å². The van der Waals surface area contributed by atoms with Gasteiger partial charge in [-0.25, -0.2) is 4.98 Å². The van der Waals surface area contributed by atoms with Crippen LogP contribution in [-0.4, -0.2) is 53.2 Å². The predicted octanol–water partition coefficient (Wildman–Crippen LogP) is 1.54. The summed E-state index contributed by atoms with van der Waals surface area (Å²) in [5, 5.41) is 0. The van der Waals surface area contributed by atoms with E-state index in [0.717, 1.165) is 45.1 Å². The highest BCUT2D eigenvalue weighted by molar-refractivity contribution is 5.31. The van der Waals surface area contributed by atoms with Crippen molar-refractivity contribution in [3.63, 3.8) is 0 Å². The summed E-state index contributed by atoms with van der Waals surface area (Å²) in [7, 11) is 0. The molecule has 114 valence electrons. The Morgan fingerprint density at radius 3 is 2.80 bits per heavy atom. The van der Waals surface area contributed by atoms with Gasteiger partial charge in [-0.15, -0.1) is 0 Å². The van der Waals surface area contributed by atoms with E-state index in [4.69, 9.17) is 5.73 Å². The van der Waals surface area contributed by atoms with E-state index in [9.17, 15) is 0 Å². The van der Waals surface area contributed by atoms with Crippen molar-refractivity contribution in [2.75, 3.05) is 37.6 Å². The highest BCUT2D eigenvalue weighted by atomic mass is 15.3. The molecular weight excluding hydrogens is 250 g/mol. The van der Waals surface area contributed by atoms with Crippen LogP contribution >= 0.6 is 0 Å². The van der Waals surface area contributed by atoms with E-state index < -0.39 is 0 Å². The quantitative estimate of drug-likeness (QED) is 0.858. The molecule has 0 radical (unpaired) electrons. The molecule has 2 rings (SSSR count). The summed E-state index contributed by atoms with van der Waals surface area (Å²) in [5.41, 5.74) is 5.74. The molecule has 0 spiro atoms. The molecule has 0 aliphatic carbocycles. The predicted molar refractivity (Wildman–Crippen MR) is 84.1 cm³/mol. The second kappa shape index (κ2) is 7.64. The summed E-state index contributed by atoms with van der Waals surface area (Å²) in [6, 6.07) is 0.644. The lowest BCUT2D eigenvalue weighted by Crippen LogP contribution is -2.39. The topological polar surface area (TPSA) is 50.3 Å². The maximum Gasteiger partial charge on any atom is 0.205 e. The molecule has 2 N–H and O–H groups in total. The average molecular weight is 279 g/mol. The third-order valence-corrected chi connectivity index (χ3v) is 4.34. The van der Waals surface area contributed by atoms with Crippen LogP contribution in [0.1, 0.15) is 33.1 Å². The smallest absolute Gasteiger partial charge is 0.205 e. The van der Waals surface area contributed by atoms with Crippen molar-refractivity contribution in [1.29, 1.82) is 0 Å². The summed E-state index contributed by atoms with van der Waals surface area (Å²) >= 11 is 0. The van der Waals surface area contributed by atoms with Crippen molar-refractivity contribution in [2.45, 2.75) is 45.7 Å². The van der Waals surface area contributed by atoms with Gasteiger partial charge in [0.25, 0.3) is 0 Å². The van der Waals surface area contributed by atoms with Crippen LogP contribution < -0.4 is 10.6 Å². The molecule has 1 aromatic heterocycles.